The van der Waals surface area contributed by atoms with Crippen LogP contribution in [0.3, 0.4) is 0 Å². The number of aryl methyl sites for hydroxylation is 1. The zero-order valence-electron chi connectivity index (χ0n) is 13.7. The first-order valence-corrected chi connectivity index (χ1v) is 7.93. The van der Waals surface area contributed by atoms with Crippen molar-refractivity contribution >= 4 is 28.7 Å². The van der Waals surface area contributed by atoms with E-state index in [1.807, 2.05) is 0 Å². The minimum atomic E-state index is -1.25. The summed E-state index contributed by atoms with van der Waals surface area (Å²) in [6, 6.07) is 4.95. The van der Waals surface area contributed by atoms with Crippen molar-refractivity contribution < 1.29 is 24.6 Å². The molecule has 4 N–H and O–H groups in total. The van der Waals surface area contributed by atoms with Gasteiger partial charge in [0.25, 0.3) is 0 Å². The topological polar surface area (TPSA) is 126 Å². The minimum absolute atomic E-state index is 0.0938. The Kier molecular flexibility index (Phi) is 4.22. The molecule has 0 saturated carbocycles. The van der Waals surface area contributed by atoms with E-state index in [1.165, 1.54) is 9.47 Å². The van der Waals surface area contributed by atoms with Gasteiger partial charge < -0.3 is 20.5 Å². The fraction of sp³-hybridized carbons (Fsp3) is 0.353. The number of nitrogens with two attached hydrogens (primary N) is 1. The number of likely N-dealkylation sites (tertiary alicyclic amines) is 1. The quantitative estimate of drug-likeness (QED) is 0.741. The number of aromatic carboxylic acids is 1. The average molecular weight is 345 g/mol. The van der Waals surface area contributed by atoms with Gasteiger partial charge in [-0.25, -0.2) is 4.79 Å². The van der Waals surface area contributed by atoms with Crippen LogP contribution in [0.5, 0.6) is 0 Å². The molecule has 1 saturated heterocycles. The summed E-state index contributed by atoms with van der Waals surface area (Å²) in [6.07, 6.45) is 1.09. The maximum Gasteiger partial charge on any atom is 0.352 e. The average Bonchev–Trinajstić information content (AvgIpc) is 3.12. The maximum atomic E-state index is 12.1. The van der Waals surface area contributed by atoms with Gasteiger partial charge in [0, 0.05) is 30.1 Å². The van der Waals surface area contributed by atoms with Gasteiger partial charge in [-0.3, -0.25) is 14.5 Å². The molecule has 8 nitrogen and oxygen atoms in total. The van der Waals surface area contributed by atoms with E-state index >= 15 is 0 Å². The van der Waals surface area contributed by atoms with Crippen molar-refractivity contribution in [1.82, 2.24) is 9.47 Å². The van der Waals surface area contributed by atoms with Crippen molar-refractivity contribution in [2.45, 2.75) is 24.9 Å². The van der Waals surface area contributed by atoms with E-state index in [-0.39, 0.29) is 11.3 Å². The van der Waals surface area contributed by atoms with Crippen LogP contribution in [-0.2, 0) is 16.6 Å². The molecule has 0 aliphatic carbocycles. The molecule has 1 aromatic heterocycles. The first-order chi connectivity index (χ1) is 11.8. The molecule has 0 radical (unpaired) electrons. The van der Waals surface area contributed by atoms with Gasteiger partial charge in [0.05, 0.1) is 6.04 Å². The van der Waals surface area contributed by atoms with Gasteiger partial charge in [-0.15, -0.1) is 0 Å². The maximum absolute atomic E-state index is 12.1. The van der Waals surface area contributed by atoms with Gasteiger partial charge >= 0.3 is 11.9 Å². The summed E-state index contributed by atoms with van der Waals surface area (Å²) in [7, 11) is 1.59. The molecule has 3 rings (SSSR count). The molecule has 0 spiro atoms. The number of carbonyl (C=O) groups is 3. The molecular formula is C17H19N3O5. The van der Waals surface area contributed by atoms with Gasteiger partial charge in [-0.1, -0.05) is 18.2 Å². The normalized spacial score (nSPS) is 19.2. The molecule has 2 heterocycles. The van der Waals surface area contributed by atoms with Crippen LogP contribution in [0.4, 0.5) is 0 Å². The molecule has 2 atom stereocenters. The summed E-state index contributed by atoms with van der Waals surface area (Å²) in [5.74, 6) is -3.01. The molecular weight excluding hydrogens is 326 g/mol. The summed E-state index contributed by atoms with van der Waals surface area (Å²) in [5, 5.41) is 20.1. The molecule has 1 aliphatic rings. The lowest BCUT2D eigenvalue weighted by molar-refractivity contribution is -0.144. The number of carbonyl (C=O) groups excluding carboxylic acids is 1. The van der Waals surface area contributed by atoms with E-state index in [0.717, 1.165) is 0 Å². The molecule has 1 aliphatic heterocycles. The van der Waals surface area contributed by atoms with E-state index in [0.29, 0.717) is 30.3 Å². The Hall–Kier alpha value is -2.87. The number of hydrogen-bond acceptors (Lipinski definition) is 4. The van der Waals surface area contributed by atoms with E-state index in [4.69, 9.17) is 5.73 Å². The number of aromatic nitrogens is 1. The Morgan fingerprint density at radius 3 is 2.52 bits per heavy atom. The predicted octanol–water partition coefficient (Wildman–Crippen LogP) is 0.952. The third-order valence-electron chi connectivity index (χ3n) is 4.81. The second-order valence-electron chi connectivity index (χ2n) is 6.18. The summed E-state index contributed by atoms with van der Waals surface area (Å²) >= 11 is 0. The van der Waals surface area contributed by atoms with Crippen molar-refractivity contribution in [2.75, 3.05) is 6.54 Å². The molecule has 8 heteroatoms. The lowest BCUT2D eigenvalue weighted by Crippen LogP contribution is -2.45. The zero-order valence-corrected chi connectivity index (χ0v) is 13.7. The fourth-order valence-electron chi connectivity index (χ4n) is 3.79. The second-order valence-corrected chi connectivity index (χ2v) is 6.18. The molecule has 1 unspecified atom stereocenters. The van der Waals surface area contributed by atoms with Crippen molar-refractivity contribution in [2.24, 2.45) is 12.8 Å². The third-order valence-corrected chi connectivity index (χ3v) is 4.81. The number of benzene rings is 1. The Labute approximate surface area is 143 Å². The van der Waals surface area contributed by atoms with Crippen molar-refractivity contribution in [3.63, 3.8) is 0 Å². The number of carboxylic acid groups (broad SMARTS) is 2. The van der Waals surface area contributed by atoms with Crippen molar-refractivity contribution in [3.05, 3.63) is 35.5 Å². The van der Waals surface area contributed by atoms with Crippen molar-refractivity contribution in [3.8, 4) is 0 Å². The predicted molar refractivity (Wildman–Crippen MR) is 89.2 cm³/mol. The van der Waals surface area contributed by atoms with Gasteiger partial charge in [-0.2, -0.15) is 0 Å². The number of rotatable bonds is 5. The molecule has 1 amide bonds. The fourth-order valence-corrected chi connectivity index (χ4v) is 3.79. The van der Waals surface area contributed by atoms with Crippen LogP contribution in [0.25, 0.3) is 10.9 Å². The molecule has 25 heavy (non-hydrogen) atoms. The number of hydrogen-bond donors (Lipinski definition) is 3. The highest BCUT2D eigenvalue weighted by atomic mass is 16.4. The second kappa shape index (κ2) is 6.21. The van der Waals surface area contributed by atoms with Crippen LogP contribution in [0.1, 0.15) is 34.9 Å². The molecule has 0 bridgehead atoms. The van der Waals surface area contributed by atoms with Crippen LogP contribution in [0.15, 0.2) is 24.3 Å². The zero-order chi connectivity index (χ0) is 18.3. The smallest absolute Gasteiger partial charge is 0.352 e. The summed E-state index contributed by atoms with van der Waals surface area (Å²) < 4.78 is 1.47. The highest BCUT2D eigenvalue weighted by molar-refractivity contribution is 6.01. The Morgan fingerprint density at radius 1 is 1.24 bits per heavy atom. The molecule has 1 fully saturated rings. The number of primary amides is 1. The summed E-state index contributed by atoms with van der Waals surface area (Å²) in [6.45, 7) is 0.368. The van der Waals surface area contributed by atoms with Gasteiger partial charge in [0.15, 0.2) is 0 Å². The molecule has 132 valence electrons. The number of fused-ring (bicyclic) bond motifs is 1. The van der Waals surface area contributed by atoms with Crippen LogP contribution in [-0.4, -0.2) is 50.1 Å². The lowest BCUT2D eigenvalue weighted by Gasteiger charge is -2.29. The first kappa shape index (κ1) is 17.0. The third kappa shape index (κ3) is 2.64. The molecule has 1 aromatic carbocycles. The van der Waals surface area contributed by atoms with Crippen LogP contribution >= 0.6 is 0 Å². The van der Waals surface area contributed by atoms with Crippen LogP contribution in [0.2, 0.25) is 0 Å². The van der Waals surface area contributed by atoms with Gasteiger partial charge in [0.2, 0.25) is 5.91 Å². The Bertz CT molecular complexity index is 873. The lowest BCUT2D eigenvalue weighted by atomic mass is 10.00. The van der Waals surface area contributed by atoms with Crippen LogP contribution in [0, 0.1) is 0 Å². The number of para-hydroxylation sites is 1. The summed E-state index contributed by atoms with van der Waals surface area (Å²) in [4.78, 5) is 37.2. The highest BCUT2D eigenvalue weighted by Gasteiger charge is 2.42. The number of carboxylic acids is 2. The summed E-state index contributed by atoms with van der Waals surface area (Å²) in [5.41, 5.74) is 6.14. The number of amides is 1. The Morgan fingerprint density at radius 2 is 1.92 bits per heavy atom. The van der Waals surface area contributed by atoms with E-state index in [2.05, 4.69) is 0 Å². The minimum Gasteiger partial charge on any atom is -0.480 e. The Balaban J connectivity index is 2.27. The van der Waals surface area contributed by atoms with Crippen LogP contribution < -0.4 is 5.73 Å². The van der Waals surface area contributed by atoms with Crippen molar-refractivity contribution in [1.29, 1.82) is 0 Å². The van der Waals surface area contributed by atoms with Gasteiger partial charge in [-0.05, 0) is 18.9 Å². The molecule has 2 aromatic rings. The number of nitrogens with zero attached hydrogens (tertiary/aromatic N) is 2. The largest absolute Gasteiger partial charge is 0.480 e. The number of aliphatic carboxylic acids is 1. The highest BCUT2D eigenvalue weighted by Crippen LogP contribution is 2.37. The van der Waals surface area contributed by atoms with Gasteiger partial charge in [0.1, 0.15) is 11.7 Å². The monoisotopic (exact) mass is 345 g/mol. The first-order valence-electron chi connectivity index (χ1n) is 7.93. The standard InChI is InChI=1S/C17H19N3O5/c1-19-10-6-3-2-5-9(10)12(13(19)16(22)23)14(17(24)25)20-8-4-7-11(20)15(18)21/h2-3,5-6,11,14H,4,7-8H2,1H3,(H2,18,21)(H,22,23)(H,24,25)/t11-,14?/m0/s1. The van der Waals surface area contributed by atoms with E-state index in [1.54, 1.807) is 31.3 Å². The van der Waals surface area contributed by atoms with E-state index < -0.39 is 29.9 Å². The van der Waals surface area contributed by atoms with E-state index in [9.17, 15) is 24.6 Å². The SMILES string of the molecule is Cn1c(C(=O)O)c(C(C(=O)O)N2CCC[C@H]2C(N)=O)c2ccccc21.